The van der Waals surface area contributed by atoms with E-state index in [1.807, 2.05) is 44.4 Å². The lowest BCUT2D eigenvalue weighted by molar-refractivity contribution is -0.136. The first-order valence-electron chi connectivity index (χ1n) is 12.6. The molecule has 0 amide bonds. The number of hydrogen-bond acceptors (Lipinski definition) is 5. The highest BCUT2D eigenvalue weighted by Crippen LogP contribution is 2.22. The van der Waals surface area contributed by atoms with Crippen molar-refractivity contribution >= 4 is 27.6 Å². The molecule has 0 heterocycles. The monoisotopic (exact) mass is 558 g/mol. The highest BCUT2D eigenvalue weighted by Gasteiger charge is 2.14. The Morgan fingerprint density at radius 2 is 1.55 bits per heavy atom. The van der Waals surface area contributed by atoms with Crippen LogP contribution in [0.2, 0.25) is 5.02 Å². The summed E-state index contributed by atoms with van der Waals surface area (Å²) in [5.41, 5.74) is 4.07. The van der Waals surface area contributed by atoms with Crippen LogP contribution < -0.4 is 9.46 Å². The molecule has 0 bridgehead atoms. The fourth-order valence-corrected chi connectivity index (χ4v) is 5.18. The van der Waals surface area contributed by atoms with Crippen LogP contribution in [0.1, 0.15) is 28.7 Å². The number of likely N-dealkylation sites (N-methyl/N-ethyl adjacent to an activating group) is 1. The lowest BCUT2D eigenvalue weighted by Gasteiger charge is -2.15. The van der Waals surface area contributed by atoms with Crippen molar-refractivity contribution in [2.75, 3.05) is 33.8 Å². The summed E-state index contributed by atoms with van der Waals surface area (Å²) in [6.07, 6.45) is 2.44. The molecule has 0 saturated carbocycles. The molecule has 0 saturated heterocycles. The summed E-state index contributed by atoms with van der Waals surface area (Å²) in [5, 5.41) is 9.63. The van der Waals surface area contributed by atoms with Crippen molar-refractivity contribution in [1.29, 1.82) is 0 Å². The van der Waals surface area contributed by atoms with Gasteiger partial charge < -0.3 is 14.7 Å². The molecule has 3 aromatic carbocycles. The molecular formula is C29H35ClN2O5S. The number of hydrogen-bond donors (Lipinski definition) is 2. The summed E-state index contributed by atoms with van der Waals surface area (Å²) < 4.78 is 33.9. The number of nitrogens with one attached hydrogen (secondary N) is 1. The van der Waals surface area contributed by atoms with E-state index < -0.39 is 16.0 Å². The Morgan fingerprint density at radius 1 is 0.921 bits per heavy atom. The Kier molecular flexibility index (Phi) is 11.2. The zero-order chi connectivity index (χ0) is 27.5. The number of carboxylic acid groups (broad SMARTS) is 1. The Morgan fingerprint density at radius 3 is 2.21 bits per heavy atom. The van der Waals surface area contributed by atoms with Gasteiger partial charge in [0, 0.05) is 24.5 Å². The fourth-order valence-electron chi connectivity index (χ4n) is 4.02. The number of aryl methyl sites for hydroxylation is 3. The van der Waals surface area contributed by atoms with Crippen LogP contribution in [0.25, 0.3) is 0 Å². The first-order chi connectivity index (χ1) is 18.1. The van der Waals surface area contributed by atoms with Crippen LogP contribution in [0.15, 0.2) is 71.6 Å². The number of halogens is 1. The maximum atomic E-state index is 12.6. The van der Waals surface area contributed by atoms with E-state index in [1.54, 1.807) is 12.1 Å². The molecule has 7 nitrogen and oxygen atoms in total. The quantitative estimate of drug-likeness (QED) is 0.283. The Bertz CT molecular complexity index is 1310. The van der Waals surface area contributed by atoms with Crippen molar-refractivity contribution in [3.05, 3.63) is 94.0 Å². The number of nitrogens with zero attached hydrogens (tertiary/aromatic N) is 1. The number of carbonyl (C=O) groups is 1. The first kappa shape index (κ1) is 29.6. The summed E-state index contributed by atoms with van der Waals surface area (Å²) >= 11 is 5.87. The van der Waals surface area contributed by atoms with Crippen molar-refractivity contribution in [2.24, 2.45) is 0 Å². The molecule has 3 aromatic rings. The van der Waals surface area contributed by atoms with Crippen LogP contribution in [0, 0.1) is 0 Å². The number of carboxylic acids is 1. The van der Waals surface area contributed by atoms with Gasteiger partial charge in [-0.1, -0.05) is 48.0 Å². The van der Waals surface area contributed by atoms with Gasteiger partial charge >= 0.3 is 5.97 Å². The van der Waals surface area contributed by atoms with Gasteiger partial charge in [-0.3, -0.25) is 4.79 Å². The van der Waals surface area contributed by atoms with E-state index >= 15 is 0 Å². The Labute approximate surface area is 230 Å². The average molecular weight is 559 g/mol. The van der Waals surface area contributed by atoms with Gasteiger partial charge in [-0.15, -0.1) is 0 Å². The number of sulfonamides is 1. The molecule has 38 heavy (non-hydrogen) atoms. The topological polar surface area (TPSA) is 95.9 Å². The highest BCUT2D eigenvalue weighted by molar-refractivity contribution is 7.89. The van der Waals surface area contributed by atoms with Crippen LogP contribution in [-0.4, -0.2) is 58.2 Å². The summed E-state index contributed by atoms with van der Waals surface area (Å²) in [7, 11) is 0.357. The first-order valence-corrected chi connectivity index (χ1v) is 14.4. The van der Waals surface area contributed by atoms with Gasteiger partial charge in [0.25, 0.3) is 0 Å². The second-order valence-electron chi connectivity index (χ2n) is 9.41. The van der Waals surface area contributed by atoms with E-state index in [4.69, 9.17) is 21.4 Å². The summed E-state index contributed by atoms with van der Waals surface area (Å²) in [6, 6.07) is 20.1. The zero-order valence-corrected chi connectivity index (χ0v) is 23.4. The highest BCUT2D eigenvalue weighted by atomic mass is 35.5. The third-order valence-corrected chi connectivity index (χ3v) is 7.75. The SMILES string of the molecule is CN(C)CCOc1ccccc1CCc1cc(CCNS(=O)(=O)c2ccc(Cl)cc2)cc(CCC(=O)O)c1. The van der Waals surface area contributed by atoms with Gasteiger partial charge in [0.1, 0.15) is 12.4 Å². The van der Waals surface area contributed by atoms with Crippen molar-refractivity contribution < 1.29 is 23.1 Å². The standard InChI is InChI=1S/C29H35ClN2O5S/c1-32(2)17-18-37-28-6-4-3-5-25(28)9-7-22-19-23(8-14-29(33)34)21-24(20-22)15-16-31-38(35,36)27-12-10-26(30)11-13-27/h3-6,10-13,19-21,31H,7-9,14-18H2,1-2H3,(H,33,34). The van der Waals surface area contributed by atoms with Crippen molar-refractivity contribution in [2.45, 2.75) is 37.0 Å². The van der Waals surface area contributed by atoms with Gasteiger partial charge in [0.2, 0.25) is 10.0 Å². The maximum absolute atomic E-state index is 12.6. The van der Waals surface area contributed by atoms with Crippen LogP contribution in [0.3, 0.4) is 0 Å². The van der Waals surface area contributed by atoms with Crippen LogP contribution in [-0.2, 0) is 40.5 Å². The Balaban J connectivity index is 1.69. The van der Waals surface area contributed by atoms with E-state index in [9.17, 15) is 13.2 Å². The number of benzene rings is 3. The van der Waals surface area contributed by atoms with Crippen molar-refractivity contribution in [1.82, 2.24) is 9.62 Å². The molecule has 0 atom stereocenters. The predicted octanol–water partition coefficient (Wildman–Crippen LogP) is 4.60. The van der Waals surface area contributed by atoms with Gasteiger partial charge in [-0.05, 0) is 92.4 Å². The molecule has 0 aliphatic rings. The second-order valence-corrected chi connectivity index (χ2v) is 11.6. The molecule has 0 fully saturated rings. The fraction of sp³-hybridized carbons (Fsp3) is 0.345. The van der Waals surface area contributed by atoms with E-state index in [0.29, 0.717) is 24.5 Å². The number of ether oxygens (including phenoxy) is 1. The van der Waals surface area contributed by atoms with Crippen LogP contribution >= 0.6 is 11.6 Å². The van der Waals surface area contributed by atoms with Gasteiger partial charge in [-0.25, -0.2) is 13.1 Å². The number of rotatable bonds is 15. The molecule has 3 rings (SSSR count). The molecule has 0 aliphatic heterocycles. The minimum absolute atomic E-state index is 0.0363. The van der Waals surface area contributed by atoms with Gasteiger partial charge in [0.05, 0.1) is 4.90 Å². The van der Waals surface area contributed by atoms with Gasteiger partial charge in [0.15, 0.2) is 0 Å². The normalized spacial score (nSPS) is 11.6. The van der Waals surface area contributed by atoms with Crippen LogP contribution in [0.5, 0.6) is 5.75 Å². The molecular weight excluding hydrogens is 524 g/mol. The molecule has 0 aromatic heterocycles. The zero-order valence-electron chi connectivity index (χ0n) is 21.8. The van der Waals surface area contributed by atoms with E-state index in [2.05, 4.69) is 21.8 Å². The van der Waals surface area contributed by atoms with Crippen LogP contribution in [0.4, 0.5) is 0 Å². The number of aliphatic carboxylic acids is 1. The largest absolute Gasteiger partial charge is 0.492 e. The third-order valence-electron chi connectivity index (χ3n) is 6.02. The minimum atomic E-state index is -3.66. The summed E-state index contributed by atoms with van der Waals surface area (Å²) in [6.45, 7) is 1.64. The van der Waals surface area contributed by atoms with E-state index in [1.165, 1.54) is 12.1 Å². The summed E-state index contributed by atoms with van der Waals surface area (Å²) in [4.78, 5) is 13.4. The van der Waals surface area contributed by atoms with E-state index in [0.717, 1.165) is 47.4 Å². The molecule has 0 spiro atoms. The molecule has 204 valence electrons. The third kappa shape index (κ3) is 9.76. The molecule has 9 heteroatoms. The van der Waals surface area contributed by atoms with Crippen molar-refractivity contribution in [3.8, 4) is 5.75 Å². The molecule has 0 aliphatic carbocycles. The maximum Gasteiger partial charge on any atom is 0.303 e. The molecule has 0 unspecified atom stereocenters. The van der Waals surface area contributed by atoms with Crippen molar-refractivity contribution in [3.63, 3.8) is 0 Å². The second kappa shape index (κ2) is 14.3. The number of para-hydroxylation sites is 1. The lowest BCUT2D eigenvalue weighted by Crippen LogP contribution is -2.26. The minimum Gasteiger partial charge on any atom is -0.492 e. The average Bonchev–Trinajstić information content (AvgIpc) is 2.87. The lowest BCUT2D eigenvalue weighted by atomic mass is 9.96. The van der Waals surface area contributed by atoms with Gasteiger partial charge in [-0.2, -0.15) is 0 Å². The summed E-state index contributed by atoms with van der Waals surface area (Å²) in [5.74, 6) is 0.0182. The smallest absolute Gasteiger partial charge is 0.303 e. The Hall–Kier alpha value is -2.91. The molecule has 0 radical (unpaired) electrons. The molecule has 2 N–H and O–H groups in total. The predicted molar refractivity (Wildman–Crippen MR) is 151 cm³/mol. The van der Waals surface area contributed by atoms with E-state index in [-0.39, 0.29) is 17.9 Å².